The largest absolute Gasteiger partial charge is 0.367 e. The molecule has 5 rings (SSSR count). The van der Waals surface area contributed by atoms with Gasteiger partial charge in [0.05, 0.1) is 12.1 Å². The maximum atomic E-state index is 14.5. The SMILES string of the molecule is C[C@H]1COC(CCN2CCC(NC(=O)N(C)C)(c3ccccc3)CC2)(c2ccc(F)c(F)c2)CN1Cc1ccccc1. The van der Waals surface area contributed by atoms with E-state index in [2.05, 4.69) is 46.3 Å². The van der Waals surface area contributed by atoms with Gasteiger partial charge in [0.25, 0.3) is 0 Å². The minimum atomic E-state index is -0.856. The fourth-order valence-electron chi connectivity index (χ4n) is 6.25. The standard InChI is InChI=1S/C34H42F2N4O2/c1-26-24-42-34(29-14-15-30(35)31(36)22-29,25-40(26)23-27-10-6-4-7-11-27)18-21-39-19-16-33(17-20-39,37-32(41)38(2)3)28-12-8-5-9-13-28/h4-15,22,26H,16-21,23-25H2,1-3H3,(H,37,41)/t26-,34?/m0/s1. The summed E-state index contributed by atoms with van der Waals surface area (Å²) in [5, 5.41) is 3.30. The molecule has 0 radical (unpaired) electrons. The van der Waals surface area contributed by atoms with Crippen molar-refractivity contribution in [3.8, 4) is 0 Å². The van der Waals surface area contributed by atoms with Gasteiger partial charge < -0.3 is 19.9 Å². The average Bonchev–Trinajstić information content (AvgIpc) is 3.00. The summed E-state index contributed by atoms with van der Waals surface area (Å²) in [7, 11) is 3.51. The fourth-order valence-corrected chi connectivity index (χ4v) is 6.25. The molecule has 8 heteroatoms. The van der Waals surface area contributed by atoms with Gasteiger partial charge in [0.2, 0.25) is 0 Å². The quantitative estimate of drug-likeness (QED) is 0.372. The molecular formula is C34H42F2N4O2. The number of nitrogens with zero attached hydrogens (tertiary/aromatic N) is 3. The molecule has 0 aliphatic carbocycles. The predicted molar refractivity (Wildman–Crippen MR) is 161 cm³/mol. The molecule has 2 heterocycles. The Hall–Kier alpha value is -3.33. The normalized spacial score (nSPS) is 22.9. The monoisotopic (exact) mass is 576 g/mol. The average molecular weight is 577 g/mol. The third-order valence-corrected chi connectivity index (χ3v) is 8.98. The summed E-state index contributed by atoms with van der Waals surface area (Å²) in [5.41, 5.74) is 1.77. The summed E-state index contributed by atoms with van der Waals surface area (Å²) >= 11 is 0. The lowest BCUT2D eigenvalue weighted by Gasteiger charge is -2.48. The van der Waals surface area contributed by atoms with E-state index in [9.17, 15) is 13.6 Å². The highest BCUT2D eigenvalue weighted by atomic mass is 19.2. The maximum absolute atomic E-state index is 14.5. The first kappa shape index (κ1) is 30.1. The number of morpholine rings is 1. The number of benzene rings is 3. The van der Waals surface area contributed by atoms with E-state index < -0.39 is 22.8 Å². The van der Waals surface area contributed by atoms with Crippen LogP contribution in [-0.2, 0) is 22.4 Å². The van der Waals surface area contributed by atoms with Crippen LogP contribution in [0.1, 0.15) is 42.9 Å². The van der Waals surface area contributed by atoms with E-state index >= 15 is 0 Å². The lowest BCUT2D eigenvalue weighted by molar-refractivity contribution is -0.146. The zero-order chi connectivity index (χ0) is 29.7. The molecule has 1 unspecified atom stereocenters. The third-order valence-electron chi connectivity index (χ3n) is 8.98. The van der Waals surface area contributed by atoms with Crippen LogP contribution in [0.3, 0.4) is 0 Å². The van der Waals surface area contributed by atoms with Gasteiger partial charge in [-0.2, -0.15) is 0 Å². The number of rotatable bonds is 8. The van der Waals surface area contributed by atoms with Gasteiger partial charge in [0.1, 0.15) is 5.60 Å². The molecule has 2 fully saturated rings. The van der Waals surface area contributed by atoms with Crippen LogP contribution in [0.25, 0.3) is 0 Å². The van der Waals surface area contributed by atoms with Crippen LogP contribution in [0.15, 0.2) is 78.9 Å². The molecule has 6 nitrogen and oxygen atoms in total. The van der Waals surface area contributed by atoms with E-state index in [4.69, 9.17) is 4.74 Å². The molecule has 2 aliphatic heterocycles. The van der Waals surface area contributed by atoms with Gasteiger partial charge >= 0.3 is 6.03 Å². The highest BCUT2D eigenvalue weighted by molar-refractivity contribution is 5.74. The molecule has 2 saturated heterocycles. The molecule has 224 valence electrons. The van der Waals surface area contributed by atoms with Crippen molar-refractivity contribution >= 4 is 6.03 Å². The Balaban J connectivity index is 1.34. The Labute approximate surface area is 248 Å². The van der Waals surface area contributed by atoms with Crippen LogP contribution < -0.4 is 5.32 Å². The summed E-state index contributed by atoms with van der Waals surface area (Å²) < 4.78 is 35.1. The number of carbonyl (C=O) groups is 1. The van der Waals surface area contributed by atoms with Crippen molar-refractivity contribution in [3.63, 3.8) is 0 Å². The Morgan fingerprint density at radius 1 is 0.952 bits per heavy atom. The molecule has 2 aliphatic rings. The summed E-state index contributed by atoms with van der Waals surface area (Å²) in [4.78, 5) is 19.1. The van der Waals surface area contributed by atoms with Crippen LogP contribution in [0.5, 0.6) is 0 Å². The van der Waals surface area contributed by atoms with Crippen LogP contribution in [0.4, 0.5) is 13.6 Å². The number of likely N-dealkylation sites (tertiary alicyclic amines) is 1. The summed E-state index contributed by atoms with van der Waals surface area (Å²) in [6, 6.07) is 24.8. The van der Waals surface area contributed by atoms with E-state index in [1.165, 1.54) is 17.7 Å². The number of nitrogens with one attached hydrogen (secondary N) is 1. The van der Waals surface area contributed by atoms with E-state index in [1.54, 1.807) is 25.1 Å². The van der Waals surface area contributed by atoms with Gasteiger partial charge in [0.15, 0.2) is 11.6 Å². The molecule has 2 atom stereocenters. The van der Waals surface area contributed by atoms with E-state index in [-0.39, 0.29) is 12.1 Å². The first-order valence-corrected chi connectivity index (χ1v) is 14.8. The molecule has 3 aromatic carbocycles. The number of amides is 2. The molecule has 0 bridgehead atoms. The number of hydrogen-bond acceptors (Lipinski definition) is 4. The molecule has 42 heavy (non-hydrogen) atoms. The van der Waals surface area contributed by atoms with Gasteiger partial charge in [-0.3, -0.25) is 4.90 Å². The second-order valence-electron chi connectivity index (χ2n) is 12.0. The lowest BCUT2D eigenvalue weighted by Crippen LogP contribution is -2.57. The van der Waals surface area contributed by atoms with Crippen LogP contribution in [-0.4, -0.2) is 73.7 Å². The fraction of sp³-hybridized carbons (Fsp3) is 0.441. The number of halogens is 2. The van der Waals surface area contributed by atoms with Crippen LogP contribution in [0.2, 0.25) is 0 Å². The number of urea groups is 1. The Kier molecular flexibility index (Phi) is 9.25. The Bertz CT molecular complexity index is 1330. The van der Waals surface area contributed by atoms with E-state index in [1.807, 2.05) is 36.4 Å². The van der Waals surface area contributed by atoms with Gasteiger partial charge in [-0.15, -0.1) is 0 Å². The number of carbonyl (C=O) groups excluding carboxylic acids is 1. The number of hydrogen-bond donors (Lipinski definition) is 1. The summed E-state index contributed by atoms with van der Waals surface area (Å²) in [5.74, 6) is -1.71. The molecule has 1 N–H and O–H groups in total. The first-order valence-electron chi connectivity index (χ1n) is 14.8. The predicted octanol–water partition coefficient (Wildman–Crippen LogP) is 5.73. The Morgan fingerprint density at radius 3 is 2.26 bits per heavy atom. The number of ether oxygens (including phenoxy) is 1. The van der Waals surface area contributed by atoms with E-state index in [0.29, 0.717) is 25.1 Å². The highest BCUT2D eigenvalue weighted by Crippen LogP contribution is 2.38. The van der Waals surface area contributed by atoms with Crippen molar-refractivity contribution in [2.75, 3.05) is 46.9 Å². The van der Waals surface area contributed by atoms with Crippen molar-refractivity contribution in [2.24, 2.45) is 0 Å². The summed E-state index contributed by atoms with van der Waals surface area (Å²) in [6.07, 6.45) is 2.18. The molecule has 2 amide bonds. The summed E-state index contributed by atoms with van der Waals surface area (Å²) in [6.45, 7) is 6.30. The molecule has 0 aromatic heterocycles. The van der Waals surface area contributed by atoms with Crippen molar-refractivity contribution in [1.82, 2.24) is 20.0 Å². The molecule has 0 saturated carbocycles. The van der Waals surface area contributed by atoms with E-state index in [0.717, 1.165) is 44.6 Å². The molecule has 3 aromatic rings. The first-order chi connectivity index (χ1) is 20.2. The zero-order valence-electron chi connectivity index (χ0n) is 24.9. The molecular weight excluding hydrogens is 534 g/mol. The Morgan fingerprint density at radius 2 is 1.62 bits per heavy atom. The van der Waals surface area contributed by atoms with Gasteiger partial charge in [0, 0.05) is 52.9 Å². The van der Waals surface area contributed by atoms with Crippen molar-refractivity contribution < 1.29 is 18.3 Å². The minimum absolute atomic E-state index is 0.104. The lowest BCUT2D eigenvalue weighted by atomic mass is 9.80. The van der Waals surface area contributed by atoms with Crippen molar-refractivity contribution in [1.29, 1.82) is 0 Å². The number of piperidine rings is 1. The van der Waals surface area contributed by atoms with Crippen molar-refractivity contribution in [2.45, 2.75) is 49.9 Å². The zero-order valence-corrected chi connectivity index (χ0v) is 24.9. The van der Waals surface area contributed by atoms with Gasteiger partial charge in [-0.05, 0) is 55.0 Å². The van der Waals surface area contributed by atoms with Crippen LogP contribution >= 0.6 is 0 Å². The second kappa shape index (κ2) is 12.9. The van der Waals surface area contributed by atoms with Gasteiger partial charge in [-0.25, -0.2) is 13.6 Å². The van der Waals surface area contributed by atoms with Gasteiger partial charge in [-0.1, -0.05) is 66.7 Å². The smallest absolute Gasteiger partial charge is 0.317 e. The minimum Gasteiger partial charge on any atom is -0.367 e. The highest BCUT2D eigenvalue weighted by Gasteiger charge is 2.43. The molecule has 0 spiro atoms. The van der Waals surface area contributed by atoms with Crippen LogP contribution in [0, 0.1) is 11.6 Å². The topological polar surface area (TPSA) is 48.1 Å². The third kappa shape index (κ3) is 6.66. The van der Waals surface area contributed by atoms with Crippen molar-refractivity contribution in [3.05, 3.63) is 107 Å². The maximum Gasteiger partial charge on any atom is 0.317 e. The second-order valence-corrected chi connectivity index (χ2v) is 12.0.